The Morgan fingerprint density at radius 2 is 1.68 bits per heavy atom. The van der Waals surface area contributed by atoms with Crippen LogP contribution in [-0.4, -0.2) is 62.2 Å². The number of hydrogen-bond acceptors (Lipinski definition) is 7. The molecule has 1 aromatic heterocycles. The van der Waals surface area contributed by atoms with Gasteiger partial charge in [-0.05, 0) is 31.0 Å². The number of benzene rings is 2. The summed E-state index contributed by atoms with van der Waals surface area (Å²) >= 11 is 0. The quantitative estimate of drug-likeness (QED) is 0.404. The van der Waals surface area contributed by atoms with Crippen LogP contribution in [0.1, 0.15) is 33.6 Å². The molecule has 9 nitrogen and oxygen atoms in total. The molecule has 0 amide bonds. The van der Waals surface area contributed by atoms with Crippen LogP contribution in [0.3, 0.4) is 0 Å². The SMILES string of the molecule is COC(=O)c1ccccc1S(=O)(=O)N1CCC(C(=O)OCC(=O)c2c[nH]c3ccccc23)CC1. The maximum atomic E-state index is 13.1. The largest absolute Gasteiger partial charge is 0.465 e. The average molecular weight is 485 g/mol. The Hall–Kier alpha value is -3.50. The standard InChI is InChI=1S/C24H24N2O7S/c1-32-24(29)18-7-3-5-9-22(18)34(30,31)26-12-10-16(11-13-26)23(28)33-15-21(27)19-14-25-20-8-4-2-6-17(19)20/h2-9,14,16,25H,10-13,15H2,1H3. The second-order valence-corrected chi connectivity index (χ2v) is 9.85. The highest BCUT2D eigenvalue weighted by atomic mass is 32.2. The lowest BCUT2D eigenvalue weighted by molar-refractivity contribution is -0.148. The normalized spacial score (nSPS) is 15.2. The number of esters is 2. The molecule has 10 heteroatoms. The molecule has 4 rings (SSSR count). The molecule has 0 aliphatic carbocycles. The molecule has 1 N–H and O–H groups in total. The van der Waals surface area contributed by atoms with Gasteiger partial charge in [0.25, 0.3) is 0 Å². The topological polar surface area (TPSA) is 123 Å². The van der Waals surface area contributed by atoms with Crippen LogP contribution in [0.4, 0.5) is 0 Å². The Labute approximate surface area is 196 Å². The molecule has 3 aromatic rings. The van der Waals surface area contributed by atoms with Gasteiger partial charge in [0.2, 0.25) is 15.8 Å². The number of aromatic nitrogens is 1. The van der Waals surface area contributed by atoms with Crippen molar-refractivity contribution in [3.8, 4) is 0 Å². The first kappa shape index (κ1) is 23.7. The minimum absolute atomic E-state index is 0.0395. The van der Waals surface area contributed by atoms with Gasteiger partial charge >= 0.3 is 11.9 Å². The lowest BCUT2D eigenvalue weighted by atomic mass is 9.98. The smallest absolute Gasteiger partial charge is 0.339 e. The van der Waals surface area contributed by atoms with Gasteiger partial charge in [-0.2, -0.15) is 4.31 Å². The molecule has 1 aliphatic heterocycles. The lowest BCUT2D eigenvalue weighted by Crippen LogP contribution is -2.41. The van der Waals surface area contributed by atoms with E-state index >= 15 is 0 Å². The zero-order chi connectivity index (χ0) is 24.3. The summed E-state index contributed by atoms with van der Waals surface area (Å²) in [6.07, 6.45) is 2.09. The van der Waals surface area contributed by atoms with Crippen LogP contribution in [-0.2, 0) is 24.3 Å². The first-order valence-corrected chi connectivity index (χ1v) is 12.2. The number of fused-ring (bicyclic) bond motifs is 1. The predicted octanol–water partition coefficient (Wildman–Crippen LogP) is 2.78. The van der Waals surface area contributed by atoms with E-state index in [9.17, 15) is 22.8 Å². The maximum absolute atomic E-state index is 13.1. The van der Waals surface area contributed by atoms with Gasteiger partial charge in [0.05, 0.1) is 23.5 Å². The summed E-state index contributed by atoms with van der Waals surface area (Å²) in [5.74, 6) is -2.10. The van der Waals surface area contributed by atoms with Crippen LogP contribution in [0.2, 0.25) is 0 Å². The number of nitrogens with one attached hydrogen (secondary N) is 1. The minimum atomic E-state index is -3.95. The van der Waals surface area contributed by atoms with Gasteiger partial charge in [-0.15, -0.1) is 0 Å². The zero-order valence-corrected chi connectivity index (χ0v) is 19.3. The summed E-state index contributed by atoms with van der Waals surface area (Å²) in [6.45, 7) is -0.201. The molecule has 1 saturated heterocycles. The third-order valence-electron chi connectivity index (χ3n) is 5.93. The van der Waals surface area contributed by atoms with E-state index in [1.807, 2.05) is 24.3 Å². The monoisotopic (exact) mass is 484 g/mol. The van der Waals surface area contributed by atoms with Gasteiger partial charge in [-0.1, -0.05) is 30.3 Å². The van der Waals surface area contributed by atoms with E-state index in [2.05, 4.69) is 4.98 Å². The van der Waals surface area contributed by atoms with Crippen molar-refractivity contribution in [2.45, 2.75) is 17.7 Å². The molecule has 2 heterocycles. The molecule has 0 unspecified atom stereocenters. The van der Waals surface area contributed by atoms with Crippen LogP contribution >= 0.6 is 0 Å². The highest BCUT2D eigenvalue weighted by molar-refractivity contribution is 7.89. The van der Waals surface area contributed by atoms with Gasteiger partial charge in [0.15, 0.2) is 6.61 Å². The van der Waals surface area contributed by atoms with Crippen LogP contribution in [0.25, 0.3) is 10.9 Å². The molecular weight excluding hydrogens is 460 g/mol. The summed E-state index contributed by atoms with van der Waals surface area (Å²) < 4.78 is 37.4. The Morgan fingerprint density at radius 3 is 2.41 bits per heavy atom. The van der Waals surface area contributed by atoms with E-state index in [0.717, 1.165) is 10.9 Å². The third-order valence-corrected chi connectivity index (χ3v) is 7.89. The Balaban J connectivity index is 1.36. The fourth-order valence-corrected chi connectivity index (χ4v) is 5.73. The number of ketones is 1. The number of hydrogen-bond donors (Lipinski definition) is 1. The van der Waals surface area contributed by atoms with Gasteiger partial charge in [-0.3, -0.25) is 9.59 Å². The van der Waals surface area contributed by atoms with Crippen molar-refractivity contribution in [2.75, 3.05) is 26.8 Å². The van der Waals surface area contributed by atoms with Crippen LogP contribution in [0.15, 0.2) is 59.6 Å². The molecule has 0 radical (unpaired) electrons. The molecule has 1 aliphatic rings. The fraction of sp³-hybridized carbons (Fsp3) is 0.292. The molecule has 1 fully saturated rings. The van der Waals surface area contributed by atoms with E-state index in [4.69, 9.17) is 9.47 Å². The van der Waals surface area contributed by atoms with Crippen LogP contribution < -0.4 is 0 Å². The third kappa shape index (κ3) is 4.59. The van der Waals surface area contributed by atoms with Crippen molar-refractivity contribution in [1.29, 1.82) is 0 Å². The predicted molar refractivity (Wildman–Crippen MR) is 123 cm³/mol. The molecular formula is C24H24N2O7S. The van der Waals surface area contributed by atoms with Gasteiger partial charge in [0, 0.05) is 35.8 Å². The first-order valence-electron chi connectivity index (χ1n) is 10.8. The number of rotatable bonds is 7. The fourth-order valence-electron chi connectivity index (χ4n) is 4.08. The highest BCUT2D eigenvalue weighted by Gasteiger charge is 2.35. The number of Topliss-reactive ketones (excluding diaryl/α,β-unsaturated/α-hetero) is 1. The molecule has 0 spiro atoms. The number of nitrogens with zero attached hydrogens (tertiary/aromatic N) is 1. The maximum Gasteiger partial charge on any atom is 0.339 e. The molecule has 178 valence electrons. The number of aromatic amines is 1. The summed E-state index contributed by atoms with van der Waals surface area (Å²) in [5, 5.41) is 0.759. The zero-order valence-electron chi connectivity index (χ0n) is 18.5. The van der Waals surface area contributed by atoms with Crippen molar-refractivity contribution >= 4 is 38.6 Å². The number of H-pyrrole nitrogens is 1. The summed E-state index contributed by atoms with van der Waals surface area (Å²) in [7, 11) is -2.76. The van der Waals surface area contributed by atoms with Gasteiger partial charge in [0.1, 0.15) is 0 Å². The number of methoxy groups -OCH3 is 1. The van der Waals surface area contributed by atoms with Gasteiger partial charge < -0.3 is 14.5 Å². The molecule has 0 atom stereocenters. The molecule has 34 heavy (non-hydrogen) atoms. The number of carbonyl (C=O) groups excluding carboxylic acids is 3. The molecule has 0 saturated carbocycles. The van der Waals surface area contributed by atoms with Crippen molar-refractivity contribution in [1.82, 2.24) is 9.29 Å². The highest BCUT2D eigenvalue weighted by Crippen LogP contribution is 2.27. The van der Waals surface area contributed by atoms with Crippen molar-refractivity contribution in [3.63, 3.8) is 0 Å². The summed E-state index contributed by atoms with van der Waals surface area (Å²) in [4.78, 5) is 39.9. The van der Waals surface area contributed by atoms with Gasteiger partial charge in [-0.25, -0.2) is 13.2 Å². The number of para-hydroxylation sites is 1. The van der Waals surface area contributed by atoms with Crippen LogP contribution in [0, 0.1) is 5.92 Å². The summed E-state index contributed by atoms with van der Waals surface area (Å²) in [5.41, 5.74) is 1.23. The van der Waals surface area contributed by atoms with E-state index in [-0.39, 0.29) is 48.8 Å². The van der Waals surface area contributed by atoms with Crippen LogP contribution in [0.5, 0.6) is 0 Å². The molecule has 0 bridgehead atoms. The van der Waals surface area contributed by atoms with E-state index < -0.39 is 27.9 Å². The minimum Gasteiger partial charge on any atom is -0.465 e. The Kier molecular flexibility index (Phi) is 6.80. The van der Waals surface area contributed by atoms with E-state index in [1.165, 1.54) is 29.6 Å². The number of carbonyl (C=O) groups is 3. The average Bonchev–Trinajstić information content (AvgIpc) is 3.31. The lowest BCUT2D eigenvalue weighted by Gasteiger charge is -2.30. The number of piperidine rings is 1. The Bertz CT molecular complexity index is 1340. The van der Waals surface area contributed by atoms with Crippen molar-refractivity contribution in [2.24, 2.45) is 5.92 Å². The Morgan fingerprint density at radius 1 is 1.00 bits per heavy atom. The summed E-state index contributed by atoms with van der Waals surface area (Å²) in [6, 6.07) is 13.2. The second-order valence-electron chi connectivity index (χ2n) is 7.94. The van der Waals surface area contributed by atoms with E-state index in [1.54, 1.807) is 12.3 Å². The number of sulfonamides is 1. The van der Waals surface area contributed by atoms with Crippen molar-refractivity contribution in [3.05, 3.63) is 65.9 Å². The second kappa shape index (κ2) is 9.78. The number of ether oxygens (including phenoxy) is 2. The van der Waals surface area contributed by atoms with E-state index in [0.29, 0.717) is 5.56 Å². The molecule has 2 aromatic carbocycles. The first-order chi connectivity index (χ1) is 16.3. The van der Waals surface area contributed by atoms with Crippen molar-refractivity contribution < 1.29 is 32.3 Å².